The Hall–Kier alpha value is -1.27. The molecule has 0 spiro atoms. The first-order chi connectivity index (χ1) is 8.47. The number of carbonyl (C=O) groups is 2. The molecule has 1 aromatic rings. The van der Waals surface area contributed by atoms with E-state index in [4.69, 9.17) is 27.9 Å². The number of amides is 1. The molecule has 0 aromatic carbocycles. The molecular weight excluding hydrogens is 281 g/mol. The van der Waals surface area contributed by atoms with Gasteiger partial charge in [0.25, 0.3) is 5.91 Å². The van der Waals surface area contributed by atoms with Crippen LogP contribution in [0.3, 0.4) is 0 Å². The van der Waals surface area contributed by atoms with Crippen molar-refractivity contribution in [3.05, 3.63) is 16.1 Å². The van der Waals surface area contributed by atoms with E-state index in [0.717, 1.165) is 6.42 Å². The second kappa shape index (κ2) is 6.61. The van der Waals surface area contributed by atoms with Crippen LogP contribution >= 0.6 is 23.2 Å². The molecule has 0 aliphatic carbocycles. The Morgan fingerprint density at radius 1 is 1.44 bits per heavy atom. The van der Waals surface area contributed by atoms with E-state index >= 15 is 0 Å². The van der Waals surface area contributed by atoms with Crippen molar-refractivity contribution >= 4 is 35.1 Å². The van der Waals surface area contributed by atoms with E-state index in [1.807, 2.05) is 6.92 Å². The third-order valence-corrected chi connectivity index (χ3v) is 2.75. The van der Waals surface area contributed by atoms with Crippen molar-refractivity contribution in [2.45, 2.75) is 27.0 Å². The van der Waals surface area contributed by atoms with Gasteiger partial charge in [0, 0.05) is 13.5 Å². The molecule has 0 radical (unpaired) electrons. The molecule has 1 rings (SSSR count). The Balaban J connectivity index is 2.92. The third kappa shape index (κ3) is 3.61. The predicted molar refractivity (Wildman–Crippen MR) is 66.6 cm³/mol. The molecular formula is C10H13Cl2N3O3. The first-order valence-corrected chi connectivity index (χ1v) is 6.06. The number of rotatable bonds is 5. The van der Waals surface area contributed by atoms with Crippen molar-refractivity contribution in [1.29, 1.82) is 0 Å². The highest BCUT2D eigenvalue weighted by atomic mass is 35.5. The maximum Gasteiger partial charge on any atom is 0.304 e. The largest absolute Gasteiger partial charge is 0.444 e. The standard InChI is InChI=1S/C10H13Cl2N3O3/c1-3-4-13-10(17)9-14-7(11)8(12)15(9)5-18-6(2)16/h3-5H2,1-2H3,(H,13,17). The molecule has 0 fully saturated rings. The molecule has 0 aliphatic rings. The monoisotopic (exact) mass is 293 g/mol. The number of nitrogens with zero attached hydrogens (tertiary/aromatic N) is 2. The van der Waals surface area contributed by atoms with Gasteiger partial charge in [0.1, 0.15) is 0 Å². The summed E-state index contributed by atoms with van der Waals surface area (Å²) in [6.07, 6.45) is 0.790. The van der Waals surface area contributed by atoms with E-state index in [0.29, 0.717) is 6.54 Å². The summed E-state index contributed by atoms with van der Waals surface area (Å²) in [6.45, 7) is 3.48. The van der Waals surface area contributed by atoms with Crippen molar-refractivity contribution in [3.63, 3.8) is 0 Å². The van der Waals surface area contributed by atoms with Gasteiger partial charge in [-0.1, -0.05) is 30.1 Å². The lowest BCUT2D eigenvalue weighted by atomic mass is 10.4. The lowest BCUT2D eigenvalue weighted by molar-refractivity contribution is -0.144. The van der Waals surface area contributed by atoms with E-state index in [2.05, 4.69) is 10.3 Å². The second-order valence-electron chi connectivity index (χ2n) is 3.47. The smallest absolute Gasteiger partial charge is 0.304 e. The summed E-state index contributed by atoms with van der Waals surface area (Å²) in [5.74, 6) is -0.895. The molecule has 1 amide bonds. The van der Waals surface area contributed by atoms with Gasteiger partial charge in [0.05, 0.1) is 0 Å². The molecule has 1 heterocycles. The normalized spacial score (nSPS) is 10.2. The number of aromatic nitrogens is 2. The summed E-state index contributed by atoms with van der Waals surface area (Å²) in [6, 6.07) is 0. The van der Waals surface area contributed by atoms with Crippen molar-refractivity contribution in [2.75, 3.05) is 6.54 Å². The van der Waals surface area contributed by atoms with Crippen LogP contribution in [0, 0.1) is 0 Å². The Morgan fingerprint density at radius 3 is 2.67 bits per heavy atom. The molecule has 1 aromatic heterocycles. The van der Waals surface area contributed by atoms with Crippen LogP contribution in [0.1, 0.15) is 30.9 Å². The predicted octanol–water partition coefficient (Wildman–Crippen LogP) is 1.85. The van der Waals surface area contributed by atoms with Crippen LogP contribution in [-0.4, -0.2) is 28.0 Å². The number of esters is 1. The molecule has 0 unspecified atom stereocenters. The van der Waals surface area contributed by atoms with Gasteiger partial charge in [-0.25, -0.2) is 4.98 Å². The number of imidazole rings is 1. The number of hydrogen-bond acceptors (Lipinski definition) is 4. The average Bonchev–Trinajstić information content (AvgIpc) is 2.60. The minimum atomic E-state index is -0.490. The molecule has 18 heavy (non-hydrogen) atoms. The fourth-order valence-electron chi connectivity index (χ4n) is 1.17. The zero-order chi connectivity index (χ0) is 13.7. The summed E-state index contributed by atoms with van der Waals surface area (Å²) >= 11 is 11.6. The maximum atomic E-state index is 11.8. The minimum absolute atomic E-state index is 0.00883. The highest BCUT2D eigenvalue weighted by Gasteiger charge is 2.20. The van der Waals surface area contributed by atoms with Crippen LogP contribution < -0.4 is 5.32 Å². The average molecular weight is 294 g/mol. The summed E-state index contributed by atoms with van der Waals surface area (Å²) < 4.78 is 6.01. The van der Waals surface area contributed by atoms with Gasteiger partial charge < -0.3 is 10.1 Å². The lowest BCUT2D eigenvalue weighted by Crippen LogP contribution is -2.28. The van der Waals surface area contributed by atoms with Gasteiger partial charge in [-0.2, -0.15) is 0 Å². The molecule has 1 N–H and O–H groups in total. The third-order valence-electron chi connectivity index (χ3n) is 2.00. The zero-order valence-corrected chi connectivity index (χ0v) is 11.5. The fourth-order valence-corrected chi connectivity index (χ4v) is 1.52. The number of carbonyl (C=O) groups excluding carboxylic acids is 2. The zero-order valence-electron chi connectivity index (χ0n) is 10.00. The minimum Gasteiger partial charge on any atom is -0.444 e. The van der Waals surface area contributed by atoms with Gasteiger partial charge in [-0.3, -0.25) is 14.2 Å². The molecule has 8 heteroatoms. The first-order valence-electron chi connectivity index (χ1n) is 5.30. The summed E-state index contributed by atoms with van der Waals surface area (Å²) in [7, 11) is 0. The van der Waals surface area contributed by atoms with E-state index in [-0.39, 0.29) is 22.9 Å². The molecule has 6 nitrogen and oxygen atoms in total. The summed E-state index contributed by atoms with van der Waals surface area (Å²) in [5, 5.41) is 2.68. The van der Waals surface area contributed by atoms with E-state index in [1.54, 1.807) is 0 Å². The van der Waals surface area contributed by atoms with E-state index in [1.165, 1.54) is 11.5 Å². The van der Waals surface area contributed by atoms with Crippen LogP contribution in [-0.2, 0) is 16.3 Å². The second-order valence-corrected chi connectivity index (χ2v) is 4.18. The molecule has 0 atom stereocenters. The van der Waals surface area contributed by atoms with Crippen molar-refractivity contribution in [1.82, 2.24) is 14.9 Å². The summed E-state index contributed by atoms with van der Waals surface area (Å²) in [4.78, 5) is 26.4. The number of halogens is 2. The maximum absolute atomic E-state index is 11.8. The fraction of sp³-hybridized carbons (Fsp3) is 0.500. The highest BCUT2D eigenvalue weighted by Crippen LogP contribution is 2.22. The number of ether oxygens (including phenoxy) is 1. The Labute approximate surface area is 114 Å². The van der Waals surface area contributed by atoms with Crippen LogP contribution in [0.5, 0.6) is 0 Å². The Morgan fingerprint density at radius 2 is 2.11 bits per heavy atom. The molecule has 100 valence electrons. The van der Waals surface area contributed by atoms with Crippen molar-refractivity contribution in [3.8, 4) is 0 Å². The molecule has 0 aliphatic heterocycles. The van der Waals surface area contributed by atoms with Crippen LogP contribution in [0.25, 0.3) is 0 Å². The molecule has 0 saturated carbocycles. The van der Waals surface area contributed by atoms with E-state index in [9.17, 15) is 9.59 Å². The van der Waals surface area contributed by atoms with Crippen molar-refractivity contribution < 1.29 is 14.3 Å². The quantitative estimate of drug-likeness (QED) is 0.841. The lowest BCUT2D eigenvalue weighted by Gasteiger charge is -2.08. The van der Waals surface area contributed by atoms with Gasteiger partial charge in [-0.05, 0) is 6.42 Å². The Kier molecular flexibility index (Phi) is 5.43. The molecule has 0 bridgehead atoms. The van der Waals surface area contributed by atoms with Gasteiger partial charge in [0.2, 0.25) is 5.82 Å². The highest BCUT2D eigenvalue weighted by molar-refractivity contribution is 6.40. The van der Waals surface area contributed by atoms with Gasteiger partial charge in [0.15, 0.2) is 17.0 Å². The Bertz CT molecular complexity index is 459. The van der Waals surface area contributed by atoms with Crippen molar-refractivity contribution in [2.24, 2.45) is 0 Å². The van der Waals surface area contributed by atoms with Gasteiger partial charge >= 0.3 is 5.97 Å². The number of nitrogens with one attached hydrogen (secondary N) is 1. The summed E-state index contributed by atoms with van der Waals surface area (Å²) in [5.41, 5.74) is 0. The number of hydrogen-bond donors (Lipinski definition) is 1. The van der Waals surface area contributed by atoms with Crippen LogP contribution in [0.15, 0.2) is 0 Å². The van der Waals surface area contributed by atoms with Gasteiger partial charge in [-0.15, -0.1) is 0 Å². The van der Waals surface area contributed by atoms with Crippen LogP contribution in [0.4, 0.5) is 0 Å². The topological polar surface area (TPSA) is 73.2 Å². The first kappa shape index (κ1) is 14.8. The van der Waals surface area contributed by atoms with E-state index < -0.39 is 11.9 Å². The SMILES string of the molecule is CCCNC(=O)c1nc(Cl)c(Cl)n1COC(C)=O. The molecule has 0 saturated heterocycles. The van der Waals surface area contributed by atoms with Crippen LogP contribution in [0.2, 0.25) is 10.3 Å².